The Balaban J connectivity index is 1.24. The van der Waals surface area contributed by atoms with E-state index < -0.39 is 0 Å². The van der Waals surface area contributed by atoms with Gasteiger partial charge in [-0.3, -0.25) is 19.4 Å². The number of rotatable bonds is 6. The number of carbonyl (C=O) groups is 2. The molecule has 30 heavy (non-hydrogen) atoms. The molecule has 164 valence electrons. The van der Waals surface area contributed by atoms with Gasteiger partial charge in [0.2, 0.25) is 18.6 Å². The lowest BCUT2D eigenvalue weighted by atomic mass is 10.2. The summed E-state index contributed by atoms with van der Waals surface area (Å²) in [4.78, 5) is 31.1. The number of benzene rings is 1. The molecule has 4 rings (SSSR count). The van der Waals surface area contributed by atoms with Gasteiger partial charge in [0.05, 0.1) is 39.1 Å². The van der Waals surface area contributed by atoms with Gasteiger partial charge in [-0.2, -0.15) is 0 Å². The summed E-state index contributed by atoms with van der Waals surface area (Å²) in [6.07, 6.45) is 0. The highest BCUT2D eigenvalue weighted by atomic mass is 16.7. The van der Waals surface area contributed by atoms with E-state index in [1.54, 1.807) is 19.2 Å². The van der Waals surface area contributed by atoms with Gasteiger partial charge < -0.3 is 29.2 Å². The fourth-order valence-corrected chi connectivity index (χ4v) is 3.79. The molecule has 0 atom stereocenters. The SMILES string of the molecule is COc1cc2c(cc1NC(=O)CN1CCN(C(=O)CN3CCOCC3)CC1)OCO2. The van der Waals surface area contributed by atoms with Gasteiger partial charge in [0.15, 0.2) is 11.5 Å². The summed E-state index contributed by atoms with van der Waals surface area (Å²) in [7, 11) is 1.54. The Morgan fingerprint density at radius 1 is 0.967 bits per heavy atom. The fraction of sp³-hybridized carbons (Fsp3) is 0.600. The zero-order valence-electron chi connectivity index (χ0n) is 17.2. The number of methoxy groups -OCH3 is 1. The molecule has 0 radical (unpaired) electrons. The van der Waals surface area contributed by atoms with Crippen LogP contribution < -0.4 is 19.5 Å². The minimum atomic E-state index is -0.139. The quantitative estimate of drug-likeness (QED) is 0.679. The second-order valence-electron chi connectivity index (χ2n) is 7.50. The molecule has 0 bridgehead atoms. The van der Waals surface area contributed by atoms with Crippen LogP contribution in [-0.4, -0.2) is 106 Å². The van der Waals surface area contributed by atoms with E-state index in [0.29, 0.717) is 68.9 Å². The van der Waals surface area contributed by atoms with E-state index in [4.69, 9.17) is 18.9 Å². The third kappa shape index (κ3) is 4.94. The lowest BCUT2D eigenvalue weighted by Gasteiger charge is -2.36. The lowest BCUT2D eigenvalue weighted by molar-refractivity contribution is -0.135. The molecular weight excluding hydrogens is 392 g/mol. The van der Waals surface area contributed by atoms with Gasteiger partial charge in [-0.25, -0.2) is 0 Å². The molecule has 0 unspecified atom stereocenters. The van der Waals surface area contributed by atoms with Crippen LogP contribution in [0.2, 0.25) is 0 Å². The van der Waals surface area contributed by atoms with Crippen molar-refractivity contribution in [2.45, 2.75) is 0 Å². The number of anilines is 1. The van der Waals surface area contributed by atoms with Gasteiger partial charge in [0.25, 0.3) is 0 Å². The molecule has 3 aliphatic rings. The van der Waals surface area contributed by atoms with E-state index in [1.807, 2.05) is 9.80 Å². The average Bonchev–Trinajstić information content (AvgIpc) is 3.21. The smallest absolute Gasteiger partial charge is 0.238 e. The van der Waals surface area contributed by atoms with Crippen molar-refractivity contribution >= 4 is 17.5 Å². The summed E-state index contributed by atoms with van der Waals surface area (Å²) < 4.78 is 21.4. The third-order valence-corrected chi connectivity index (χ3v) is 5.52. The highest BCUT2D eigenvalue weighted by Crippen LogP contribution is 2.40. The van der Waals surface area contributed by atoms with Crippen LogP contribution >= 0.6 is 0 Å². The van der Waals surface area contributed by atoms with Crippen molar-refractivity contribution in [3.63, 3.8) is 0 Å². The summed E-state index contributed by atoms with van der Waals surface area (Å²) in [6.45, 7) is 6.41. The van der Waals surface area contributed by atoms with E-state index in [-0.39, 0.29) is 25.2 Å². The zero-order chi connectivity index (χ0) is 20.9. The summed E-state index contributed by atoms with van der Waals surface area (Å²) in [5, 5.41) is 2.89. The van der Waals surface area contributed by atoms with Crippen LogP contribution in [0.3, 0.4) is 0 Å². The number of nitrogens with zero attached hydrogens (tertiary/aromatic N) is 3. The molecule has 0 spiro atoms. The molecule has 3 aliphatic heterocycles. The molecular formula is C20H28N4O6. The molecule has 0 aliphatic carbocycles. The first-order valence-corrected chi connectivity index (χ1v) is 10.2. The van der Waals surface area contributed by atoms with Crippen LogP contribution in [0.1, 0.15) is 0 Å². The Morgan fingerprint density at radius 3 is 2.33 bits per heavy atom. The van der Waals surface area contributed by atoms with E-state index in [2.05, 4.69) is 10.2 Å². The monoisotopic (exact) mass is 420 g/mol. The lowest BCUT2D eigenvalue weighted by Crippen LogP contribution is -2.53. The Labute approximate surface area is 175 Å². The van der Waals surface area contributed by atoms with Crippen molar-refractivity contribution in [3.8, 4) is 17.2 Å². The number of ether oxygens (including phenoxy) is 4. The van der Waals surface area contributed by atoms with Crippen molar-refractivity contribution in [2.75, 3.05) is 84.8 Å². The van der Waals surface area contributed by atoms with Crippen LogP contribution in [0.25, 0.3) is 0 Å². The summed E-state index contributed by atoms with van der Waals surface area (Å²) >= 11 is 0. The number of nitrogens with one attached hydrogen (secondary N) is 1. The number of hydrogen-bond donors (Lipinski definition) is 1. The zero-order valence-corrected chi connectivity index (χ0v) is 17.2. The minimum Gasteiger partial charge on any atom is -0.494 e. The topological polar surface area (TPSA) is 92.8 Å². The van der Waals surface area contributed by atoms with Gasteiger partial charge in [0, 0.05) is 51.4 Å². The number of amides is 2. The highest BCUT2D eigenvalue weighted by molar-refractivity contribution is 5.94. The average molecular weight is 420 g/mol. The first-order valence-electron chi connectivity index (χ1n) is 10.2. The van der Waals surface area contributed by atoms with Crippen LogP contribution in [-0.2, 0) is 14.3 Å². The number of piperazine rings is 1. The van der Waals surface area contributed by atoms with Gasteiger partial charge in [-0.15, -0.1) is 0 Å². The van der Waals surface area contributed by atoms with Crippen molar-refractivity contribution in [2.24, 2.45) is 0 Å². The van der Waals surface area contributed by atoms with E-state index in [0.717, 1.165) is 13.1 Å². The molecule has 0 aromatic heterocycles. The molecule has 1 aromatic carbocycles. The second-order valence-corrected chi connectivity index (χ2v) is 7.50. The first-order chi connectivity index (χ1) is 14.6. The molecule has 10 nitrogen and oxygen atoms in total. The molecule has 2 amide bonds. The standard InChI is InChI=1S/C20H28N4O6/c1-27-16-11-18-17(29-14-30-18)10-15(16)21-19(25)12-22-2-4-24(5-3-22)20(26)13-23-6-8-28-9-7-23/h10-11H,2-9,12-14H2,1H3,(H,21,25). The summed E-state index contributed by atoms with van der Waals surface area (Å²) in [5.74, 6) is 1.71. The number of hydrogen-bond acceptors (Lipinski definition) is 8. The van der Waals surface area contributed by atoms with Gasteiger partial charge in [-0.1, -0.05) is 0 Å². The van der Waals surface area contributed by atoms with Crippen molar-refractivity contribution in [1.29, 1.82) is 0 Å². The number of fused-ring (bicyclic) bond motifs is 1. The maximum atomic E-state index is 12.5. The normalized spacial score (nSPS) is 19.6. The number of carbonyl (C=O) groups excluding carboxylic acids is 2. The molecule has 1 aromatic rings. The van der Waals surface area contributed by atoms with Gasteiger partial charge in [0.1, 0.15) is 5.75 Å². The number of morpholine rings is 1. The Hall–Kier alpha value is -2.56. The predicted octanol–water partition coefficient (Wildman–Crippen LogP) is -0.161. The summed E-state index contributed by atoms with van der Waals surface area (Å²) in [5.41, 5.74) is 0.547. The van der Waals surface area contributed by atoms with Crippen LogP contribution in [0, 0.1) is 0 Å². The Kier molecular flexibility index (Phi) is 6.56. The Bertz CT molecular complexity index is 775. The molecule has 10 heteroatoms. The van der Waals surface area contributed by atoms with Crippen molar-refractivity contribution in [3.05, 3.63) is 12.1 Å². The summed E-state index contributed by atoms with van der Waals surface area (Å²) in [6, 6.07) is 3.41. The maximum Gasteiger partial charge on any atom is 0.238 e. The third-order valence-electron chi connectivity index (χ3n) is 5.52. The Morgan fingerprint density at radius 2 is 1.63 bits per heavy atom. The molecule has 0 saturated carbocycles. The van der Waals surface area contributed by atoms with E-state index in [1.165, 1.54) is 0 Å². The van der Waals surface area contributed by atoms with Crippen LogP contribution in [0.15, 0.2) is 12.1 Å². The van der Waals surface area contributed by atoms with Crippen LogP contribution in [0.5, 0.6) is 17.2 Å². The minimum absolute atomic E-state index is 0.139. The molecule has 2 saturated heterocycles. The predicted molar refractivity (Wildman–Crippen MR) is 108 cm³/mol. The van der Waals surface area contributed by atoms with Crippen LogP contribution in [0.4, 0.5) is 5.69 Å². The highest BCUT2D eigenvalue weighted by Gasteiger charge is 2.25. The van der Waals surface area contributed by atoms with Gasteiger partial charge >= 0.3 is 0 Å². The second kappa shape index (κ2) is 9.50. The van der Waals surface area contributed by atoms with E-state index >= 15 is 0 Å². The largest absolute Gasteiger partial charge is 0.494 e. The van der Waals surface area contributed by atoms with E-state index in [9.17, 15) is 9.59 Å². The first kappa shape index (κ1) is 20.7. The molecule has 3 heterocycles. The van der Waals surface area contributed by atoms with Gasteiger partial charge in [-0.05, 0) is 0 Å². The fourth-order valence-electron chi connectivity index (χ4n) is 3.79. The molecule has 1 N–H and O–H groups in total. The van der Waals surface area contributed by atoms with Crippen molar-refractivity contribution < 1.29 is 28.5 Å². The van der Waals surface area contributed by atoms with Crippen molar-refractivity contribution in [1.82, 2.24) is 14.7 Å². The molecule has 2 fully saturated rings. The maximum absolute atomic E-state index is 12.5.